The highest BCUT2D eigenvalue weighted by Gasteiger charge is 2.13. The number of rotatable bonds is 8. The quantitative estimate of drug-likeness (QED) is 0.311. The van der Waals surface area contributed by atoms with Crippen LogP contribution in [0.25, 0.3) is 0 Å². The summed E-state index contributed by atoms with van der Waals surface area (Å²) in [4.78, 5) is 6.56. The fourth-order valence-electron chi connectivity index (χ4n) is 2.75. The Hall–Kier alpha value is -0.910. The minimum Gasteiger partial charge on any atom is -0.379 e. The maximum absolute atomic E-state index is 11.6. The van der Waals surface area contributed by atoms with E-state index in [0.29, 0.717) is 19.0 Å². The Kier molecular flexibility index (Phi) is 11.2. The molecular formula is C18H31IN4O3S. The molecule has 0 radical (unpaired) electrons. The molecule has 2 rings (SSSR count). The SMILES string of the molecule is CCS(=O)(=O)CCNC(=NC)NCc1ccccc1CN1CCOCC1.I. The lowest BCUT2D eigenvalue weighted by Crippen LogP contribution is -2.39. The maximum atomic E-state index is 11.6. The first-order valence-corrected chi connectivity index (χ1v) is 10.9. The molecule has 1 aromatic rings. The van der Waals surface area contributed by atoms with Gasteiger partial charge in [0.2, 0.25) is 0 Å². The van der Waals surface area contributed by atoms with Crippen LogP contribution in [0.2, 0.25) is 0 Å². The van der Waals surface area contributed by atoms with Crippen LogP contribution >= 0.6 is 24.0 Å². The van der Waals surface area contributed by atoms with Gasteiger partial charge in [0.25, 0.3) is 0 Å². The lowest BCUT2D eigenvalue weighted by Gasteiger charge is -2.27. The molecule has 1 fully saturated rings. The summed E-state index contributed by atoms with van der Waals surface area (Å²) in [6, 6.07) is 8.35. The van der Waals surface area contributed by atoms with Crippen molar-refractivity contribution < 1.29 is 13.2 Å². The number of sulfone groups is 1. The summed E-state index contributed by atoms with van der Waals surface area (Å²) in [5.74, 6) is 0.880. The van der Waals surface area contributed by atoms with Gasteiger partial charge in [-0.05, 0) is 11.1 Å². The first-order valence-electron chi connectivity index (χ1n) is 9.06. The van der Waals surface area contributed by atoms with E-state index in [1.54, 1.807) is 14.0 Å². The van der Waals surface area contributed by atoms with Gasteiger partial charge in [0.1, 0.15) is 0 Å². The molecule has 154 valence electrons. The highest BCUT2D eigenvalue weighted by atomic mass is 127. The Balaban J connectivity index is 0.00000364. The van der Waals surface area contributed by atoms with Crippen molar-refractivity contribution in [2.75, 3.05) is 51.4 Å². The number of benzene rings is 1. The van der Waals surface area contributed by atoms with Crippen LogP contribution in [0.1, 0.15) is 18.1 Å². The summed E-state index contributed by atoms with van der Waals surface area (Å²) in [6.45, 7) is 7.05. The first kappa shape index (κ1) is 24.1. The molecule has 1 saturated heterocycles. The molecule has 0 saturated carbocycles. The molecule has 0 amide bonds. The summed E-state index contributed by atoms with van der Waals surface area (Å²) in [7, 11) is -1.29. The monoisotopic (exact) mass is 510 g/mol. The van der Waals surface area contributed by atoms with E-state index in [4.69, 9.17) is 4.74 Å². The molecule has 1 aromatic carbocycles. The molecule has 0 unspecified atom stereocenters. The van der Waals surface area contributed by atoms with Crippen LogP contribution in [-0.4, -0.2) is 70.7 Å². The van der Waals surface area contributed by atoms with Gasteiger partial charge in [-0.15, -0.1) is 24.0 Å². The van der Waals surface area contributed by atoms with Gasteiger partial charge in [-0.2, -0.15) is 0 Å². The fourth-order valence-corrected chi connectivity index (χ4v) is 3.45. The van der Waals surface area contributed by atoms with E-state index in [0.717, 1.165) is 32.8 Å². The fraction of sp³-hybridized carbons (Fsp3) is 0.611. The van der Waals surface area contributed by atoms with Gasteiger partial charge in [0, 0.05) is 45.5 Å². The molecule has 9 heteroatoms. The molecular weight excluding hydrogens is 479 g/mol. The van der Waals surface area contributed by atoms with Crippen LogP contribution in [0.5, 0.6) is 0 Å². The molecule has 0 bridgehead atoms. The number of aliphatic imine (C=N–C) groups is 1. The van der Waals surface area contributed by atoms with E-state index in [-0.39, 0.29) is 35.5 Å². The van der Waals surface area contributed by atoms with Gasteiger partial charge >= 0.3 is 0 Å². The smallest absolute Gasteiger partial charge is 0.191 e. The molecule has 0 aliphatic carbocycles. The van der Waals surface area contributed by atoms with Crippen molar-refractivity contribution in [2.24, 2.45) is 4.99 Å². The zero-order valence-corrected chi connectivity index (χ0v) is 19.3. The summed E-state index contributed by atoms with van der Waals surface area (Å²) in [5, 5.41) is 6.33. The second kappa shape index (κ2) is 12.5. The second-order valence-corrected chi connectivity index (χ2v) is 8.72. The molecule has 1 aliphatic rings. The van der Waals surface area contributed by atoms with Crippen LogP contribution in [0.4, 0.5) is 0 Å². The van der Waals surface area contributed by atoms with Crippen molar-refractivity contribution in [1.29, 1.82) is 0 Å². The summed E-state index contributed by atoms with van der Waals surface area (Å²) >= 11 is 0. The van der Waals surface area contributed by atoms with Crippen LogP contribution < -0.4 is 10.6 Å². The zero-order chi connectivity index (χ0) is 18.8. The first-order chi connectivity index (χ1) is 12.5. The maximum Gasteiger partial charge on any atom is 0.191 e. The van der Waals surface area contributed by atoms with Gasteiger partial charge < -0.3 is 15.4 Å². The van der Waals surface area contributed by atoms with Crippen LogP contribution in [0, 0.1) is 0 Å². The normalized spacial score (nSPS) is 15.9. The summed E-state index contributed by atoms with van der Waals surface area (Å²) in [6.07, 6.45) is 0. The third-order valence-electron chi connectivity index (χ3n) is 4.43. The third-order valence-corrected chi connectivity index (χ3v) is 6.14. The number of nitrogens with zero attached hydrogens (tertiary/aromatic N) is 2. The number of nitrogens with one attached hydrogen (secondary N) is 2. The van der Waals surface area contributed by atoms with Crippen LogP contribution in [0.3, 0.4) is 0 Å². The van der Waals surface area contributed by atoms with Crippen LogP contribution in [0.15, 0.2) is 29.3 Å². The van der Waals surface area contributed by atoms with E-state index >= 15 is 0 Å². The average Bonchev–Trinajstić information content (AvgIpc) is 2.66. The molecule has 0 aromatic heterocycles. The molecule has 1 heterocycles. The van der Waals surface area contributed by atoms with Gasteiger partial charge in [-0.25, -0.2) is 8.42 Å². The summed E-state index contributed by atoms with van der Waals surface area (Å²) < 4.78 is 28.5. The molecule has 1 aliphatic heterocycles. The van der Waals surface area contributed by atoms with Gasteiger partial charge in [0.15, 0.2) is 15.8 Å². The predicted molar refractivity (Wildman–Crippen MR) is 120 cm³/mol. The molecule has 7 nitrogen and oxygen atoms in total. The molecule has 0 spiro atoms. The average molecular weight is 510 g/mol. The van der Waals surface area contributed by atoms with Crippen LogP contribution in [-0.2, 0) is 27.7 Å². The number of guanidine groups is 1. The Morgan fingerprint density at radius 3 is 2.48 bits per heavy atom. The zero-order valence-electron chi connectivity index (χ0n) is 16.1. The number of morpholine rings is 1. The lowest BCUT2D eigenvalue weighted by atomic mass is 10.1. The van der Waals surface area contributed by atoms with E-state index in [1.807, 2.05) is 6.07 Å². The Bertz CT molecular complexity index is 692. The molecule has 0 atom stereocenters. The van der Waals surface area contributed by atoms with Crippen molar-refractivity contribution in [2.45, 2.75) is 20.0 Å². The minimum atomic E-state index is -2.97. The predicted octanol–water partition coefficient (Wildman–Crippen LogP) is 1.24. The van der Waals surface area contributed by atoms with Crippen molar-refractivity contribution in [1.82, 2.24) is 15.5 Å². The largest absolute Gasteiger partial charge is 0.379 e. The lowest BCUT2D eigenvalue weighted by molar-refractivity contribution is 0.0341. The van der Waals surface area contributed by atoms with E-state index in [1.165, 1.54) is 11.1 Å². The highest BCUT2D eigenvalue weighted by Crippen LogP contribution is 2.12. The number of halogens is 1. The minimum absolute atomic E-state index is 0. The van der Waals surface area contributed by atoms with Gasteiger partial charge in [0.05, 0.1) is 19.0 Å². The standard InChI is InChI=1S/C18H30N4O3S.HI/c1-3-26(23,24)13-8-20-18(19-2)21-14-16-6-4-5-7-17(16)15-22-9-11-25-12-10-22;/h4-7H,3,8-15H2,1-2H3,(H2,19,20,21);1H. The van der Waals surface area contributed by atoms with Gasteiger partial charge in [-0.3, -0.25) is 9.89 Å². The van der Waals surface area contributed by atoms with E-state index in [2.05, 4.69) is 38.7 Å². The van der Waals surface area contributed by atoms with E-state index < -0.39 is 9.84 Å². The Morgan fingerprint density at radius 1 is 1.19 bits per heavy atom. The van der Waals surface area contributed by atoms with Crippen molar-refractivity contribution >= 4 is 39.8 Å². The Morgan fingerprint density at radius 2 is 1.85 bits per heavy atom. The number of hydrogen-bond donors (Lipinski definition) is 2. The Labute approximate surface area is 179 Å². The van der Waals surface area contributed by atoms with E-state index in [9.17, 15) is 8.42 Å². The van der Waals surface area contributed by atoms with Crippen molar-refractivity contribution in [3.05, 3.63) is 35.4 Å². The number of hydrogen-bond acceptors (Lipinski definition) is 5. The molecule has 27 heavy (non-hydrogen) atoms. The third kappa shape index (κ3) is 8.75. The number of ether oxygens (including phenoxy) is 1. The topological polar surface area (TPSA) is 83.0 Å². The second-order valence-electron chi connectivity index (χ2n) is 6.25. The van der Waals surface area contributed by atoms with Gasteiger partial charge in [-0.1, -0.05) is 31.2 Å². The van der Waals surface area contributed by atoms with Crippen molar-refractivity contribution in [3.8, 4) is 0 Å². The van der Waals surface area contributed by atoms with Crippen molar-refractivity contribution in [3.63, 3.8) is 0 Å². The molecule has 2 N–H and O–H groups in total. The highest BCUT2D eigenvalue weighted by molar-refractivity contribution is 14.0. The summed E-state index contributed by atoms with van der Waals surface area (Å²) in [5.41, 5.74) is 2.49.